The van der Waals surface area contributed by atoms with Crippen LogP contribution in [0.3, 0.4) is 0 Å². The van der Waals surface area contributed by atoms with Crippen molar-refractivity contribution in [1.82, 2.24) is 15.8 Å². The molecule has 1 heterocycles. The van der Waals surface area contributed by atoms with E-state index in [1.807, 2.05) is 0 Å². The molecule has 0 radical (unpaired) electrons. The average molecular weight is 367 g/mol. The number of amides is 1. The Morgan fingerprint density at radius 2 is 2.00 bits per heavy atom. The van der Waals surface area contributed by atoms with E-state index < -0.39 is 0 Å². The Hall–Kier alpha value is -1.96. The molecule has 1 aliphatic rings. The van der Waals surface area contributed by atoms with Crippen LogP contribution in [0.25, 0.3) is 0 Å². The van der Waals surface area contributed by atoms with Gasteiger partial charge in [-0.25, -0.2) is 0 Å². The lowest BCUT2D eigenvalue weighted by molar-refractivity contribution is -0.111. The molecule has 2 rings (SSSR count). The highest BCUT2D eigenvalue weighted by Crippen LogP contribution is 2.17. The fraction of sp³-hybridized carbons (Fsp3) is 0. The van der Waals surface area contributed by atoms with Crippen LogP contribution in [0.2, 0.25) is 0 Å². The maximum Gasteiger partial charge on any atom is 0.269 e. The van der Waals surface area contributed by atoms with Crippen molar-refractivity contribution in [2.24, 2.45) is 0 Å². The van der Waals surface area contributed by atoms with E-state index >= 15 is 0 Å². The molecule has 0 unspecified atom stereocenters. The van der Waals surface area contributed by atoms with Crippen molar-refractivity contribution in [2.75, 3.05) is 0 Å². The second-order valence-electron chi connectivity index (χ2n) is 3.66. The number of ketones is 1. The number of pyridine rings is 1. The van der Waals surface area contributed by atoms with Gasteiger partial charge in [0.25, 0.3) is 5.91 Å². The molecule has 0 saturated carbocycles. The average Bonchev–Trinajstić information content (AvgIpc) is 2.43. The SMILES string of the molecule is O=C1C=CC(I)=C/C1=C\NNC(=O)c1ccncc1. The number of rotatable bonds is 3. The summed E-state index contributed by atoms with van der Waals surface area (Å²) in [5.74, 6) is -0.400. The highest BCUT2D eigenvalue weighted by atomic mass is 127. The fourth-order valence-electron chi connectivity index (χ4n) is 1.39. The third-order valence-corrected chi connectivity index (χ3v) is 3.00. The summed E-state index contributed by atoms with van der Waals surface area (Å²) < 4.78 is 0.950. The van der Waals surface area contributed by atoms with E-state index in [0.29, 0.717) is 11.1 Å². The van der Waals surface area contributed by atoms with Gasteiger partial charge in [0.15, 0.2) is 5.78 Å². The van der Waals surface area contributed by atoms with Gasteiger partial charge in [-0.3, -0.25) is 20.0 Å². The molecule has 19 heavy (non-hydrogen) atoms. The van der Waals surface area contributed by atoms with Crippen LogP contribution < -0.4 is 10.9 Å². The molecular weight excluding hydrogens is 357 g/mol. The van der Waals surface area contributed by atoms with Crippen molar-refractivity contribution in [3.05, 3.63) is 63.7 Å². The fourth-order valence-corrected chi connectivity index (χ4v) is 1.90. The normalized spacial score (nSPS) is 16.2. The second kappa shape index (κ2) is 6.28. The number of aromatic nitrogens is 1. The Balaban J connectivity index is 1.95. The van der Waals surface area contributed by atoms with Crippen molar-refractivity contribution < 1.29 is 9.59 Å². The Bertz CT molecular complexity index is 591. The zero-order valence-electron chi connectivity index (χ0n) is 9.76. The first-order chi connectivity index (χ1) is 9.16. The van der Waals surface area contributed by atoms with E-state index in [1.54, 1.807) is 24.3 Å². The van der Waals surface area contributed by atoms with Crippen LogP contribution in [0.15, 0.2) is 58.1 Å². The Morgan fingerprint density at radius 3 is 2.74 bits per heavy atom. The van der Waals surface area contributed by atoms with Crippen molar-refractivity contribution >= 4 is 34.3 Å². The number of halogens is 1. The van der Waals surface area contributed by atoms with Crippen molar-refractivity contribution in [1.29, 1.82) is 0 Å². The standard InChI is InChI=1S/C13H10IN3O2/c14-11-1-2-12(18)10(7-11)8-16-17-13(19)9-3-5-15-6-4-9/h1-8,16H,(H,17,19)/b10-8+. The molecule has 0 aromatic carbocycles. The van der Waals surface area contributed by atoms with Crippen molar-refractivity contribution in [3.63, 3.8) is 0 Å². The molecule has 1 amide bonds. The van der Waals surface area contributed by atoms with Crippen LogP contribution in [0.1, 0.15) is 10.4 Å². The molecule has 1 aromatic rings. The summed E-state index contributed by atoms with van der Waals surface area (Å²) in [5.41, 5.74) is 6.08. The van der Waals surface area contributed by atoms with Gasteiger partial charge < -0.3 is 5.43 Å². The predicted octanol–water partition coefficient (Wildman–Crippen LogP) is 1.66. The molecular formula is C13H10IN3O2. The van der Waals surface area contributed by atoms with Gasteiger partial charge in [0.1, 0.15) is 0 Å². The van der Waals surface area contributed by atoms with E-state index in [9.17, 15) is 9.59 Å². The lowest BCUT2D eigenvalue weighted by atomic mass is 10.1. The number of nitrogens with zero attached hydrogens (tertiary/aromatic N) is 1. The first-order valence-corrected chi connectivity index (χ1v) is 6.50. The summed E-state index contributed by atoms with van der Waals surface area (Å²) in [6, 6.07) is 3.20. The number of hydrazine groups is 1. The summed E-state index contributed by atoms with van der Waals surface area (Å²) >= 11 is 2.12. The van der Waals surface area contributed by atoms with Crippen LogP contribution in [0, 0.1) is 0 Å². The van der Waals surface area contributed by atoms with Crippen molar-refractivity contribution in [3.8, 4) is 0 Å². The van der Waals surface area contributed by atoms with Gasteiger partial charge in [0, 0.05) is 33.3 Å². The van der Waals surface area contributed by atoms with E-state index in [0.717, 1.165) is 3.58 Å². The first kappa shape index (κ1) is 13.5. The zero-order chi connectivity index (χ0) is 13.7. The molecule has 2 N–H and O–H groups in total. The van der Waals surface area contributed by atoms with Crippen LogP contribution in [0.4, 0.5) is 0 Å². The highest BCUT2D eigenvalue weighted by Gasteiger charge is 2.08. The number of hydrogen-bond donors (Lipinski definition) is 2. The summed E-state index contributed by atoms with van der Waals surface area (Å²) in [7, 11) is 0. The van der Waals surface area contributed by atoms with Gasteiger partial charge in [-0.05, 0) is 53.0 Å². The molecule has 0 saturated heterocycles. The third-order valence-electron chi connectivity index (χ3n) is 2.33. The maximum absolute atomic E-state index is 11.7. The molecule has 0 bridgehead atoms. The summed E-state index contributed by atoms with van der Waals surface area (Å²) in [6.45, 7) is 0. The second-order valence-corrected chi connectivity index (χ2v) is 4.91. The zero-order valence-corrected chi connectivity index (χ0v) is 11.9. The number of nitrogens with one attached hydrogen (secondary N) is 2. The quantitative estimate of drug-likeness (QED) is 0.484. The van der Waals surface area contributed by atoms with Crippen LogP contribution in [-0.4, -0.2) is 16.7 Å². The Labute approximate surface area is 123 Å². The van der Waals surface area contributed by atoms with Crippen LogP contribution >= 0.6 is 22.6 Å². The van der Waals surface area contributed by atoms with E-state index in [-0.39, 0.29) is 11.7 Å². The lowest BCUT2D eigenvalue weighted by Gasteiger charge is -2.07. The lowest BCUT2D eigenvalue weighted by Crippen LogP contribution is -2.34. The van der Waals surface area contributed by atoms with Gasteiger partial charge >= 0.3 is 0 Å². The number of carbonyl (C=O) groups excluding carboxylic acids is 2. The van der Waals surface area contributed by atoms with Gasteiger partial charge in [0.05, 0.1) is 0 Å². The van der Waals surface area contributed by atoms with Gasteiger partial charge in [0.2, 0.25) is 0 Å². The Kier molecular flexibility index (Phi) is 4.45. The molecule has 0 aliphatic heterocycles. The predicted molar refractivity (Wildman–Crippen MR) is 79.2 cm³/mol. The molecule has 1 aliphatic carbocycles. The van der Waals surface area contributed by atoms with Crippen LogP contribution in [0.5, 0.6) is 0 Å². The molecule has 6 heteroatoms. The Morgan fingerprint density at radius 1 is 1.26 bits per heavy atom. The molecule has 96 valence electrons. The number of allylic oxidation sites excluding steroid dienone is 5. The smallest absolute Gasteiger partial charge is 0.269 e. The van der Waals surface area contributed by atoms with Crippen molar-refractivity contribution in [2.45, 2.75) is 0 Å². The summed E-state index contributed by atoms with van der Waals surface area (Å²) in [6.07, 6.45) is 9.48. The molecule has 0 spiro atoms. The molecule has 1 aromatic heterocycles. The molecule has 0 atom stereocenters. The van der Waals surface area contributed by atoms with E-state index in [2.05, 4.69) is 38.4 Å². The topological polar surface area (TPSA) is 71.1 Å². The van der Waals surface area contributed by atoms with E-state index in [4.69, 9.17) is 0 Å². The summed E-state index contributed by atoms with van der Waals surface area (Å²) in [5, 5.41) is 0. The maximum atomic E-state index is 11.7. The minimum absolute atomic E-state index is 0.105. The first-order valence-electron chi connectivity index (χ1n) is 5.42. The molecule has 0 fully saturated rings. The minimum atomic E-state index is -0.295. The van der Waals surface area contributed by atoms with Gasteiger partial charge in [-0.1, -0.05) is 0 Å². The van der Waals surface area contributed by atoms with Gasteiger partial charge in [-0.2, -0.15) is 0 Å². The summed E-state index contributed by atoms with van der Waals surface area (Å²) in [4.78, 5) is 27.0. The number of hydrogen-bond acceptors (Lipinski definition) is 4. The van der Waals surface area contributed by atoms with E-state index in [1.165, 1.54) is 24.7 Å². The van der Waals surface area contributed by atoms with Crippen LogP contribution in [-0.2, 0) is 4.79 Å². The monoisotopic (exact) mass is 367 g/mol. The molecule has 5 nitrogen and oxygen atoms in total. The van der Waals surface area contributed by atoms with Gasteiger partial charge in [-0.15, -0.1) is 0 Å². The third kappa shape index (κ3) is 3.75. The highest BCUT2D eigenvalue weighted by molar-refractivity contribution is 14.1. The largest absolute Gasteiger partial charge is 0.305 e. The minimum Gasteiger partial charge on any atom is -0.305 e. The number of carbonyl (C=O) groups is 2.